The first-order chi connectivity index (χ1) is 8.43. The normalized spacial score (nSPS) is 13.3. The minimum atomic E-state index is -0.688. The maximum Gasteiger partial charge on any atom is 0.124 e. The molecule has 98 valence electrons. The van der Waals surface area contributed by atoms with Crippen LogP contribution in [-0.2, 0) is 0 Å². The average molecular weight is 248 g/mol. The molecule has 1 unspecified atom stereocenters. The van der Waals surface area contributed by atoms with Crippen LogP contribution in [0.3, 0.4) is 0 Å². The monoisotopic (exact) mass is 248 g/mol. The minimum absolute atomic E-state index is 0.221. The summed E-state index contributed by atoms with van der Waals surface area (Å²) in [6.07, 6.45) is 1.03. The lowest BCUT2D eigenvalue weighted by molar-refractivity contribution is 0.202. The van der Waals surface area contributed by atoms with Crippen molar-refractivity contribution in [2.24, 2.45) is 0 Å². The van der Waals surface area contributed by atoms with Gasteiger partial charge in [0.2, 0.25) is 0 Å². The predicted octanol–water partition coefficient (Wildman–Crippen LogP) is 3.06. The van der Waals surface area contributed by atoms with E-state index in [0.717, 1.165) is 28.3 Å². The summed E-state index contributed by atoms with van der Waals surface area (Å²) >= 11 is 0. The number of aliphatic hydroxyl groups excluding tert-OH is 1. The van der Waals surface area contributed by atoms with Gasteiger partial charge in [0.05, 0.1) is 5.69 Å². The van der Waals surface area contributed by atoms with Gasteiger partial charge >= 0.3 is 0 Å². The van der Waals surface area contributed by atoms with Gasteiger partial charge in [-0.25, -0.2) is 0 Å². The quantitative estimate of drug-likeness (QED) is 0.908. The number of nitrogens with zero attached hydrogens (tertiary/aromatic N) is 2. The second-order valence-corrected chi connectivity index (χ2v) is 4.95. The van der Waals surface area contributed by atoms with Gasteiger partial charge in [-0.05, 0) is 46.2 Å². The molecule has 2 heterocycles. The van der Waals surface area contributed by atoms with E-state index in [1.807, 2.05) is 45.4 Å². The van der Waals surface area contributed by atoms with Crippen molar-refractivity contribution < 1.29 is 9.52 Å². The topological polar surface area (TPSA) is 51.2 Å². The molecular formula is C14H20N2O2. The van der Waals surface area contributed by atoms with Gasteiger partial charge < -0.3 is 9.52 Å². The standard InChI is InChI=1S/C14H20N2O2/c1-8(2)16-12(6-7-15-16)14(17)13-9(3)10(4)18-11(13)5/h6-8,14,17H,1-5H3. The molecular weight excluding hydrogens is 228 g/mol. The highest BCUT2D eigenvalue weighted by molar-refractivity contribution is 5.37. The summed E-state index contributed by atoms with van der Waals surface area (Å²) in [6.45, 7) is 9.86. The zero-order chi connectivity index (χ0) is 13.4. The van der Waals surface area contributed by atoms with Gasteiger partial charge in [-0.1, -0.05) is 0 Å². The Kier molecular flexibility index (Phi) is 3.30. The van der Waals surface area contributed by atoms with E-state index in [4.69, 9.17) is 4.42 Å². The molecule has 0 aromatic carbocycles. The van der Waals surface area contributed by atoms with Crippen molar-refractivity contribution in [3.8, 4) is 0 Å². The minimum Gasteiger partial charge on any atom is -0.466 e. The Bertz CT molecular complexity index is 552. The van der Waals surface area contributed by atoms with E-state index < -0.39 is 6.10 Å². The second-order valence-electron chi connectivity index (χ2n) is 4.95. The molecule has 2 aromatic rings. The summed E-state index contributed by atoms with van der Waals surface area (Å²) in [5.41, 5.74) is 2.67. The van der Waals surface area contributed by atoms with Crippen LogP contribution in [0.2, 0.25) is 0 Å². The summed E-state index contributed by atoms with van der Waals surface area (Å²) in [4.78, 5) is 0. The molecule has 2 rings (SSSR count). The zero-order valence-corrected chi connectivity index (χ0v) is 11.6. The number of hydrogen-bond donors (Lipinski definition) is 1. The van der Waals surface area contributed by atoms with Gasteiger partial charge in [0, 0.05) is 17.8 Å². The number of rotatable bonds is 3. The fraction of sp³-hybridized carbons (Fsp3) is 0.500. The van der Waals surface area contributed by atoms with Gasteiger partial charge in [-0.15, -0.1) is 0 Å². The van der Waals surface area contributed by atoms with E-state index in [0.29, 0.717) is 0 Å². The molecule has 0 fully saturated rings. The Morgan fingerprint density at radius 3 is 2.39 bits per heavy atom. The third-order valence-electron chi connectivity index (χ3n) is 3.36. The third-order valence-corrected chi connectivity index (χ3v) is 3.36. The number of aryl methyl sites for hydroxylation is 2. The molecule has 0 aliphatic rings. The number of hydrogen-bond acceptors (Lipinski definition) is 3. The molecule has 0 aliphatic carbocycles. The van der Waals surface area contributed by atoms with E-state index in [1.165, 1.54) is 0 Å². The first-order valence-corrected chi connectivity index (χ1v) is 6.21. The largest absolute Gasteiger partial charge is 0.466 e. The number of furan rings is 1. The van der Waals surface area contributed by atoms with Gasteiger partial charge in [-0.2, -0.15) is 5.10 Å². The third kappa shape index (κ3) is 1.97. The number of aromatic nitrogens is 2. The molecule has 2 aromatic heterocycles. The summed E-state index contributed by atoms with van der Waals surface area (Å²) in [5, 5.41) is 14.8. The first-order valence-electron chi connectivity index (χ1n) is 6.21. The van der Waals surface area contributed by atoms with Crippen molar-refractivity contribution in [3.63, 3.8) is 0 Å². The molecule has 4 nitrogen and oxygen atoms in total. The van der Waals surface area contributed by atoms with Crippen molar-refractivity contribution >= 4 is 0 Å². The molecule has 0 amide bonds. The molecule has 1 N–H and O–H groups in total. The van der Waals surface area contributed by atoms with Gasteiger partial charge in [0.25, 0.3) is 0 Å². The SMILES string of the molecule is Cc1oc(C)c(C(O)c2ccnn2C(C)C)c1C. The highest BCUT2D eigenvalue weighted by Crippen LogP contribution is 2.31. The molecule has 0 radical (unpaired) electrons. The first kappa shape index (κ1) is 12.9. The molecule has 0 bridgehead atoms. The Balaban J connectivity index is 2.48. The Morgan fingerprint density at radius 2 is 1.89 bits per heavy atom. The van der Waals surface area contributed by atoms with Crippen LogP contribution in [0.25, 0.3) is 0 Å². The zero-order valence-electron chi connectivity index (χ0n) is 11.6. The predicted molar refractivity (Wildman–Crippen MR) is 69.6 cm³/mol. The Hall–Kier alpha value is -1.55. The van der Waals surface area contributed by atoms with Gasteiger partial charge in [0.1, 0.15) is 17.6 Å². The van der Waals surface area contributed by atoms with Crippen LogP contribution in [0.4, 0.5) is 0 Å². The highest BCUT2D eigenvalue weighted by Gasteiger charge is 2.23. The molecule has 4 heteroatoms. The van der Waals surface area contributed by atoms with Crippen molar-refractivity contribution in [1.29, 1.82) is 0 Å². The van der Waals surface area contributed by atoms with Crippen LogP contribution < -0.4 is 0 Å². The fourth-order valence-corrected chi connectivity index (χ4v) is 2.33. The van der Waals surface area contributed by atoms with Gasteiger partial charge in [0.15, 0.2) is 0 Å². The molecule has 0 saturated carbocycles. The lowest BCUT2D eigenvalue weighted by atomic mass is 10.0. The molecule has 18 heavy (non-hydrogen) atoms. The highest BCUT2D eigenvalue weighted by atomic mass is 16.3. The molecule has 0 spiro atoms. The van der Waals surface area contributed by atoms with Crippen LogP contribution in [0.5, 0.6) is 0 Å². The summed E-state index contributed by atoms with van der Waals surface area (Å²) in [7, 11) is 0. The van der Waals surface area contributed by atoms with Crippen LogP contribution >= 0.6 is 0 Å². The molecule has 1 atom stereocenters. The van der Waals surface area contributed by atoms with Crippen molar-refractivity contribution in [1.82, 2.24) is 9.78 Å². The lowest BCUT2D eigenvalue weighted by Crippen LogP contribution is -2.13. The van der Waals surface area contributed by atoms with E-state index in [9.17, 15) is 5.11 Å². The lowest BCUT2D eigenvalue weighted by Gasteiger charge is -2.16. The summed E-state index contributed by atoms with van der Waals surface area (Å²) in [6, 6.07) is 2.07. The van der Waals surface area contributed by atoms with E-state index >= 15 is 0 Å². The van der Waals surface area contributed by atoms with Gasteiger partial charge in [-0.3, -0.25) is 4.68 Å². The van der Waals surface area contributed by atoms with Crippen molar-refractivity contribution in [2.75, 3.05) is 0 Å². The van der Waals surface area contributed by atoms with E-state index in [-0.39, 0.29) is 6.04 Å². The van der Waals surface area contributed by atoms with Crippen LogP contribution in [0.1, 0.15) is 54.3 Å². The average Bonchev–Trinajstić information content (AvgIpc) is 2.85. The van der Waals surface area contributed by atoms with Crippen LogP contribution in [0, 0.1) is 20.8 Å². The van der Waals surface area contributed by atoms with E-state index in [2.05, 4.69) is 5.10 Å². The maximum absolute atomic E-state index is 10.6. The molecule has 0 aliphatic heterocycles. The van der Waals surface area contributed by atoms with Crippen LogP contribution in [0.15, 0.2) is 16.7 Å². The summed E-state index contributed by atoms with van der Waals surface area (Å²) in [5.74, 6) is 1.63. The Labute approximate surface area is 107 Å². The fourth-order valence-electron chi connectivity index (χ4n) is 2.33. The smallest absolute Gasteiger partial charge is 0.124 e. The van der Waals surface area contributed by atoms with E-state index in [1.54, 1.807) is 6.20 Å². The van der Waals surface area contributed by atoms with Crippen molar-refractivity contribution in [2.45, 2.75) is 46.8 Å². The van der Waals surface area contributed by atoms with Crippen molar-refractivity contribution in [3.05, 3.63) is 40.6 Å². The van der Waals surface area contributed by atoms with Crippen LogP contribution in [-0.4, -0.2) is 14.9 Å². The second kappa shape index (κ2) is 4.61. The number of aliphatic hydroxyl groups is 1. The summed E-state index contributed by atoms with van der Waals surface area (Å²) < 4.78 is 7.41. The Morgan fingerprint density at radius 1 is 1.22 bits per heavy atom. The molecule has 0 saturated heterocycles. The maximum atomic E-state index is 10.6.